The number of unbranched alkanes of at least 4 members (excludes halogenated alkanes) is 1. The van der Waals surface area contributed by atoms with Crippen molar-refractivity contribution >= 4 is 21.9 Å². The molecule has 9 heteroatoms. The third kappa shape index (κ3) is 4.70. The number of furan rings is 1. The summed E-state index contributed by atoms with van der Waals surface area (Å²) in [6.45, 7) is 2.50. The normalized spacial score (nSPS) is 12.4. The summed E-state index contributed by atoms with van der Waals surface area (Å²) >= 11 is 0. The van der Waals surface area contributed by atoms with Crippen LogP contribution in [0.4, 0.5) is 0 Å². The summed E-state index contributed by atoms with van der Waals surface area (Å²) in [6, 6.07) is 17.2. The van der Waals surface area contributed by atoms with Gasteiger partial charge in [0, 0.05) is 6.54 Å². The van der Waals surface area contributed by atoms with Gasteiger partial charge < -0.3 is 18.8 Å². The lowest BCUT2D eigenvalue weighted by molar-refractivity contribution is 0.0902. The van der Waals surface area contributed by atoms with E-state index in [1.54, 1.807) is 23.2 Å². The Morgan fingerprint density at radius 2 is 1.89 bits per heavy atom. The van der Waals surface area contributed by atoms with Crippen LogP contribution in [0.3, 0.4) is 0 Å². The molecular formula is C27H28N4O5. The zero-order valence-electron chi connectivity index (χ0n) is 20.0. The number of hydrogen-bond donors (Lipinski definition) is 1. The second-order valence-corrected chi connectivity index (χ2v) is 8.80. The van der Waals surface area contributed by atoms with Gasteiger partial charge in [-0.05, 0) is 41.5 Å². The van der Waals surface area contributed by atoms with E-state index in [2.05, 4.69) is 4.98 Å². The van der Waals surface area contributed by atoms with E-state index in [9.17, 15) is 14.7 Å². The van der Waals surface area contributed by atoms with Gasteiger partial charge in [0.2, 0.25) is 0 Å². The first-order chi connectivity index (χ1) is 17.5. The molecule has 0 bridgehead atoms. The number of hydrogen-bond acceptors (Lipinski definition) is 6. The first kappa shape index (κ1) is 23.6. The van der Waals surface area contributed by atoms with Crippen molar-refractivity contribution in [2.24, 2.45) is 0 Å². The van der Waals surface area contributed by atoms with Crippen molar-refractivity contribution in [3.63, 3.8) is 0 Å². The smallest absolute Gasteiger partial charge is 0.332 e. The van der Waals surface area contributed by atoms with Gasteiger partial charge in [0.25, 0.3) is 5.56 Å². The maximum absolute atomic E-state index is 13.4. The summed E-state index contributed by atoms with van der Waals surface area (Å²) in [5, 5.41) is 12.8. The van der Waals surface area contributed by atoms with Crippen LogP contribution in [0.5, 0.6) is 5.75 Å². The summed E-state index contributed by atoms with van der Waals surface area (Å²) in [6.07, 6.45) is 3.67. The van der Waals surface area contributed by atoms with E-state index in [-0.39, 0.29) is 13.2 Å². The van der Waals surface area contributed by atoms with Crippen molar-refractivity contribution in [2.75, 3.05) is 6.61 Å². The molecule has 0 aliphatic carbocycles. The van der Waals surface area contributed by atoms with Gasteiger partial charge in [0.1, 0.15) is 24.2 Å². The lowest BCUT2D eigenvalue weighted by atomic mass is 10.1. The van der Waals surface area contributed by atoms with Gasteiger partial charge in [0.05, 0.1) is 25.7 Å². The number of fused-ring (bicyclic) bond motifs is 2. The van der Waals surface area contributed by atoms with Gasteiger partial charge in [-0.15, -0.1) is 0 Å². The van der Waals surface area contributed by atoms with Crippen molar-refractivity contribution < 1.29 is 14.3 Å². The zero-order chi connectivity index (χ0) is 25.1. The van der Waals surface area contributed by atoms with Gasteiger partial charge in [0.15, 0.2) is 11.2 Å². The Hall–Kier alpha value is -4.11. The van der Waals surface area contributed by atoms with E-state index in [0.29, 0.717) is 35.8 Å². The lowest BCUT2D eigenvalue weighted by Gasteiger charge is -2.16. The molecule has 186 valence electrons. The third-order valence-electron chi connectivity index (χ3n) is 6.18. The van der Waals surface area contributed by atoms with Gasteiger partial charge in [-0.3, -0.25) is 13.9 Å². The standard InChI is InChI=1S/C27H28N4O5/c1-2-3-12-30-25-24(29(18-28-25)16-23-9-6-13-35-23)26(33)31(27(30)34)15-21(32)17-36-22-11-10-19-7-4-5-8-20(19)14-22/h4-11,13-14,18,21,32H,2-3,12,15-17H2,1H3/t21-/m0/s1. The summed E-state index contributed by atoms with van der Waals surface area (Å²) in [5.74, 6) is 1.27. The van der Waals surface area contributed by atoms with E-state index >= 15 is 0 Å². The van der Waals surface area contributed by atoms with Crippen LogP contribution in [0, 0.1) is 0 Å². The van der Waals surface area contributed by atoms with Crippen molar-refractivity contribution in [1.29, 1.82) is 0 Å². The number of aliphatic hydroxyl groups is 1. The number of nitrogens with zero attached hydrogens (tertiary/aromatic N) is 4. The molecule has 1 N–H and O–H groups in total. The molecule has 0 aliphatic rings. The highest BCUT2D eigenvalue weighted by atomic mass is 16.5. The number of aliphatic hydroxyl groups excluding tert-OH is 1. The van der Waals surface area contributed by atoms with Crippen molar-refractivity contribution in [3.8, 4) is 5.75 Å². The number of rotatable bonds is 10. The van der Waals surface area contributed by atoms with Gasteiger partial charge in [-0.2, -0.15) is 0 Å². The minimum atomic E-state index is -1.07. The van der Waals surface area contributed by atoms with Crippen molar-refractivity contribution in [2.45, 2.75) is 45.5 Å². The lowest BCUT2D eigenvalue weighted by Crippen LogP contribution is -2.44. The summed E-state index contributed by atoms with van der Waals surface area (Å²) < 4.78 is 15.5. The molecule has 0 spiro atoms. The van der Waals surface area contributed by atoms with Crippen LogP contribution in [0.25, 0.3) is 21.9 Å². The molecule has 0 fully saturated rings. The zero-order valence-corrected chi connectivity index (χ0v) is 20.0. The quantitative estimate of drug-likeness (QED) is 0.323. The van der Waals surface area contributed by atoms with E-state index in [1.807, 2.05) is 55.5 Å². The van der Waals surface area contributed by atoms with Crippen molar-refractivity contribution in [3.05, 3.63) is 93.8 Å². The molecule has 5 aromatic rings. The monoisotopic (exact) mass is 488 g/mol. The molecule has 5 rings (SSSR count). The highest BCUT2D eigenvalue weighted by Gasteiger charge is 2.20. The van der Waals surface area contributed by atoms with Crippen LogP contribution in [-0.4, -0.2) is 36.5 Å². The van der Waals surface area contributed by atoms with E-state index in [4.69, 9.17) is 9.15 Å². The highest BCUT2D eigenvalue weighted by molar-refractivity contribution is 5.83. The summed E-state index contributed by atoms with van der Waals surface area (Å²) in [7, 11) is 0. The molecule has 0 aliphatic heterocycles. The molecule has 3 aromatic heterocycles. The molecule has 0 radical (unpaired) electrons. The largest absolute Gasteiger partial charge is 0.491 e. The van der Waals surface area contributed by atoms with Crippen molar-refractivity contribution in [1.82, 2.24) is 18.7 Å². The fourth-order valence-electron chi connectivity index (χ4n) is 4.32. The van der Waals surface area contributed by atoms with Gasteiger partial charge in [-0.25, -0.2) is 9.78 Å². The van der Waals surface area contributed by atoms with Crippen LogP contribution in [0.15, 0.2) is 81.2 Å². The van der Waals surface area contributed by atoms with Crippen LogP contribution >= 0.6 is 0 Å². The van der Waals surface area contributed by atoms with Crippen LogP contribution in [0.2, 0.25) is 0 Å². The second-order valence-electron chi connectivity index (χ2n) is 8.80. The maximum Gasteiger partial charge on any atom is 0.332 e. The molecule has 1 atom stereocenters. The Bertz CT molecular complexity index is 1600. The van der Waals surface area contributed by atoms with Gasteiger partial charge >= 0.3 is 5.69 Å². The average molecular weight is 489 g/mol. The summed E-state index contributed by atoms with van der Waals surface area (Å²) in [5.41, 5.74) is -0.363. The van der Waals surface area contributed by atoms with Crippen LogP contribution in [0.1, 0.15) is 25.5 Å². The topological polar surface area (TPSA) is 104 Å². The fraction of sp³-hybridized carbons (Fsp3) is 0.296. The summed E-state index contributed by atoms with van der Waals surface area (Å²) in [4.78, 5) is 31.1. The molecule has 2 aromatic carbocycles. The predicted octanol–water partition coefficient (Wildman–Crippen LogP) is 3.39. The first-order valence-electron chi connectivity index (χ1n) is 12.1. The first-order valence-corrected chi connectivity index (χ1v) is 12.1. The molecule has 3 heterocycles. The number of ether oxygens (including phenoxy) is 1. The SMILES string of the molecule is CCCCn1c(=O)n(C[C@H](O)COc2ccc3ccccc3c2)c(=O)c2c1ncn2Cc1ccco1. The minimum absolute atomic E-state index is 0.0666. The Balaban J connectivity index is 1.43. The van der Waals surface area contributed by atoms with Crippen LogP contribution < -0.4 is 16.0 Å². The average Bonchev–Trinajstić information content (AvgIpc) is 3.56. The van der Waals surface area contributed by atoms with Gasteiger partial charge in [-0.1, -0.05) is 43.7 Å². The molecule has 0 saturated carbocycles. The Kier molecular flexibility index (Phi) is 6.73. The Morgan fingerprint density at radius 3 is 2.67 bits per heavy atom. The van der Waals surface area contributed by atoms with E-state index in [1.165, 1.54) is 4.57 Å². The minimum Gasteiger partial charge on any atom is -0.491 e. The van der Waals surface area contributed by atoms with E-state index in [0.717, 1.165) is 28.2 Å². The number of benzene rings is 2. The third-order valence-corrected chi connectivity index (χ3v) is 6.18. The Morgan fingerprint density at radius 1 is 1.06 bits per heavy atom. The molecule has 0 unspecified atom stereocenters. The number of imidazole rings is 1. The maximum atomic E-state index is 13.4. The van der Waals surface area contributed by atoms with E-state index < -0.39 is 17.4 Å². The molecule has 0 amide bonds. The molecule has 0 saturated heterocycles. The van der Waals surface area contributed by atoms with Crippen LogP contribution in [-0.2, 0) is 19.6 Å². The molecule has 36 heavy (non-hydrogen) atoms. The fourth-order valence-corrected chi connectivity index (χ4v) is 4.32. The number of aryl methyl sites for hydroxylation is 1. The highest BCUT2D eigenvalue weighted by Crippen LogP contribution is 2.20. The molecular weight excluding hydrogens is 460 g/mol. The molecule has 9 nitrogen and oxygen atoms in total. The predicted molar refractivity (Wildman–Crippen MR) is 136 cm³/mol. The number of aromatic nitrogens is 4. The Labute approximate surface area is 206 Å². The second kappa shape index (κ2) is 10.2.